The Hall–Kier alpha value is -3.79. The normalized spacial score (nSPS) is 11.9. The number of amides is 2. The van der Waals surface area contributed by atoms with Crippen LogP contribution in [0.4, 0.5) is 20.3 Å². The Kier molecular flexibility index (Phi) is 6.60. The number of para-hydroxylation sites is 1. The fourth-order valence-electron chi connectivity index (χ4n) is 3.20. The number of aromatic nitrogens is 2. The van der Waals surface area contributed by atoms with Crippen molar-refractivity contribution in [3.8, 4) is 0 Å². The quantitative estimate of drug-likeness (QED) is 0.279. The summed E-state index contributed by atoms with van der Waals surface area (Å²) in [6.45, 7) is 5.15. The van der Waals surface area contributed by atoms with Gasteiger partial charge >= 0.3 is 0 Å². The van der Waals surface area contributed by atoms with Gasteiger partial charge in [0.1, 0.15) is 28.9 Å². The van der Waals surface area contributed by atoms with Crippen molar-refractivity contribution >= 4 is 46.2 Å². The number of anilines is 2. The first-order valence-corrected chi connectivity index (χ1v) is 11.2. The molecule has 0 saturated heterocycles. The zero-order valence-corrected chi connectivity index (χ0v) is 19.3. The lowest BCUT2D eigenvalue weighted by atomic mass is 10.2. The first-order chi connectivity index (χ1) is 16.2. The number of hydrogen-bond donors (Lipinski definition) is 2. The molecular weight excluding hydrogens is 462 g/mol. The van der Waals surface area contributed by atoms with Crippen LogP contribution in [0.5, 0.6) is 0 Å². The standard InChI is InChI=1S/C24H20F2N4O3S/c1-12-13(2)33-23-18(12)20(28-22(32)15-8-5-4-6-9-15)29-24(30-23)34-14(3)21(31)27-19-16(25)10-7-11-17(19)26/h4-11,14H,1-3H3,(H,27,31)(H,28,29,30,32). The van der Waals surface area contributed by atoms with Crippen molar-refractivity contribution in [1.29, 1.82) is 0 Å². The number of nitrogens with one attached hydrogen (secondary N) is 2. The number of halogens is 2. The first-order valence-electron chi connectivity index (χ1n) is 10.3. The first kappa shape index (κ1) is 23.4. The van der Waals surface area contributed by atoms with Crippen LogP contribution >= 0.6 is 11.8 Å². The van der Waals surface area contributed by atoms with Crippen molar-refractivity contribution in [2.45, 2.75) is 31.2 Å². The monoisotopic (exact) mass is 482 g/mol. The van der Waals surface area contributed by atoms with E-state index in [4.69, 9.17) is 4.42 Å². The third kappa shape index (κ3) is 4.76. The summed E-state index contributed by atoms with van der Waals surface area (Å²) in [5.74, 6) is -1.91. The number of nitrogens with zero attached hydrogens (tertiary/aromatic N) is 2. The molecular formula is C24H20F2N4O3S. The van der Waals surface area contributed by atoms with Crippen LogP contribution in [-0.4, -0.2) is 27.0 Å². The summed E-state index contributed by atoms with van der Waals surface area (Å²) in [6, 6.07) is 12.0. The van der Waals surface area contributed by atoms with Gasteiger partial charge in [0.25, 0.3) is 5.91 Å². The molecule has 2 aromatic carbocycles. The van der Waals surface area contributed by atoms with Gasteiger partial charge in [-0.1, -0.05) is 36.0 Å². The molecule has 10 heteroatoms. The van der Waals surface area contributed by atoms with Crippen molar-refractivity contribution in [3.63, 3.8) is 0 Å². The zero-order chi connectivity index (χ0) is 24.4. The van der Waals surface area contributed by atoms with Crippen LogP contribution in [0.15, 0.2) is 58.1 Å². The van der Waals surface area contributed by atoms with E-state index in [1.165, 1.54) is 6.07 Å². The minimum absolute atomic E-state index is 0.154. The van der Waals surface area contributed by atoms with Gasteiger partial charge in [0.2, 0.25) is 11.6 Å². The molecule has 4 aromatic rings. The third-order valence-corrected chi connectivity index (χ3v) is 6.10. The Morgan fingerprint density at radius 1 is 0.971 bits per heavy atom. The number of furan rings is 1. The maximum Gasteiger partial charge on any atom is 0.256 e. The number of carbonyl (C=O) groups is 2. The second-order valence-electron chi connectivity index (χ2n) is 7.48. The number of rotatable bonds is 6. The van der Waals surface area contributed by atoms with E-state index in [1.807, 2.05) is 6.92 Å². The third-order valence-electron chi connectivity index (χ3n) is 5.14. The highest BCUT2D eigenvalue weighted by molar-refractivity contribution is 8.00. The molecule has 0 aliphatic carbocycles. The van der Waals surface area contributed by atoms with Crippen LogP contribution < -0.4 is 10.6 Å². The number of aryl methyl sites for hydroxylation is 2. The van der Waals surface area contributed by atoms with Gasteiger partial charge < -0.3 is 15.1 Å². The number of hydrogen-bond acceptors (Lipinski definition) is 6. The molecule has 174 valence electrons. The van der Waals surface area contributed by atoms with Crippen molar-refractivity contribution < 1.29 is 22.8 Å². The fraction of sp³-hybridized carbons (Fsp3) is 0.167. The molecule has 4 rings (SSSR count). The average Bonchev–Trinajstić information content (AvgIpc) is 3.10. The molecule has 0 spiro atoms. The number of thioether (sulfide) groups is 1. The zero-order valence-electron chi connectivity index (χ0n) is 18.5. The highest BCUT2D eigenvalue weighted by Gasteiger charge is 2.23. The van der Waals surface area contributed by atoms with Gasteiger partial charge in [0, 0.05) is 11.1 Å². The van der Waals surface area contributed by atoms with E-state index in [9.17, 15) is 18.4 Å². The SMILES string of the molecule is Cc1oc2nc(SC(C)C(=O)Nc3c(F)cccc3F)nc(NC(=O)c3ccccc3)c2c1C. The Labute approximate surface area is 198 Å². The maximum absolute atomic E-state index is 13.9. The van der Waals surface area contributed by atoms with Gasteiger partial charge in [-0.15, -0.1) is 0 Å². The van der Waals surface area contributed by atoms with Crippen LogP contribution in [-0.2, 0) is 4.79 Å². The van der Waals surface area contributed by atoms with Gasteiger partial charge in [-0.2, -0.15) is 4.98 Å². The molecule has 0 radical (unpaired) electrons. The Morgan fingerprint density at radius 2 is 1.65 bits per heavy atom. The molecule has 0 aliphatic rings. The largest absolute Gasteiger partial charge is 0.443 e. The van der Waals surface area contributed by atoms with Crippen molar-refractivity contribution in [1.82, 2.24) is 9.97 Å². The second-order valence-corrected chi connectivity index (χ2v) is 8.79. The summed E-state index contributed by atoms with van der Waals surface area (Å²) in [5, 5.41) is 4.94. The lowest BCUT2D eigenvalue weighted by Gasteiger charge is -2.13. The Bertz CT molecular complexity index is 1370. The molecule has 34 heavy (non-hydrogen) atoms. The lowest BCUT2D eigenvalue weighted by Crippen LogP contribution is -2.24. The molecule has 1 unspecified atom stereocenters. The van der Waals surface area contributed by atoms with Gasteiger partial charge in [-0.05, 0) is 45.0 Å². The van der Waals surface area contributed by atoms with Crippen molar-refractivity contribution in [2.75, 3.05) is 10.6 Å². The van der Waals surface area contributed by atoms with Gasteiger partial charge in [-0.3, -0.25) is 9.59 Å². The molecule has 0 saturated carbocycles. The topological polar surface area (TPSA) is 97.1 Å². The number of fused-ring (bicyclic) bond motifs is 1. The molecule has 2 heterocycles. The van der Waals surface area contributed by atoms with Gasteiger partial charge in [0.15, 0.2) is 5.16 Å². The van der Waals surface area contributed by atoms with Crippen LogP contribution in [0.25, 0.3) is 11.1 Å². The predicted octanol–water partition coefficient (Wildman–Crippen LogP) is 5.49. The van der Waals surface area contributed by atoms with E-state index in [0.29, 0.717) is 16.7 Å². The maximum atomic E-state index is 13.9. The Morgan fingerprint density at radius 3 is 2.32 bits per heavy atom. The molecule has 0 aliphatic heterocycles. The van der Waals surface area contributed by atoms with Crippen LogP contribution in [0.2, 0.25) is 0 Å². The molecule has 7 nitrogen and oxygen atoms in total. The van der Waals surface area contributed by atoms with E-state index in [1.54, 1.807) is 44.2 Å². The number of benzene rings is 2. The fourth-order valence-corrected chi connectivity index (χ4v) is 3.96. The smallest absolute Gasteiger partial charge is 0.256 e. The summed E-state index contributed by atoms with van der Waals surface area (Å²) in [6.07, 6.45) is 0. The van der Waals surface area contributed by atoms with E-state index < -0.39 is 28.5 Å². The van der Waals surface area contributed by atoms with E-state index in [-0.39, 0.29) is 22.6 Å². The van der Waals surface area contributed by atoms with Crippen LogP contribution in [0.3, 0.4) is 0 Å². The minimum atomic E-state index is -0.879. The summed E-state index contributed by atoms with van der Waals surface area (Å²) < 4.78 is 33.5. The van der Waals surface area contributed by atoms with Crippen LogP contribution in [0, 0.1) is 25.5 Å². The highest BCUT2D eigenvalue weighted by atomic mass is 32.2. The van der Waals surface area contributed by atoms with Gasteiger partial charge in [0.05, 0.1) is 10.6 Å². The molecule has 2 amide bonds. The number of carbonyl (C=O) groups excluding carboxylic acids is 2. The average molecular weight is 483 g/mol. The molecule has 2 N–H and O–H groups in total. The Balaban J connectivity index is 1.61. The predicted molar refractivity (Wildman–Crippen MR) is 126 cm³/mol. The van der Waals surface area contributed by atoms with Gasteiger partial charge in [-0.25, -0.2) is 13.8 Å². The van der Waals surface area contributed by atoms with E-state index >= 15 is 0 Å². The molecule has 1 atom stereocenters. The highest BCUT2D eigenvalue weighted by Crippen LogP contribution is 2.32. The lowest BCUT2D eigenvalue weighted by molar-refractivity contribution is -0.115. The second kappa shape index (κ2) is 9.60. The van der Waals surface area contributed by atoms with Crippen molar-refractivity contribution in [2.24, 2.45) is 0 Å². The summed E-state index contributed by atoms with van der Waals surface area (Å²) in [7, 11) is 0. The van der Waals surface area contributed by atoms with E-state index in [2.05, 4.69) is 20.6 Å². The molecule has 0 bridgehead atoms. The molecule has 0 fully saturated rings. The minimum Gasteiger partial charge on any atom is -0.443 e. The van der Waals surface area contributed by atoms with Crippen LogP contribution in [0.1, 0.15) is 28.6 Å². The summed E-state index contributed by atoms with van der Waals surface area (Å²) >= 11 is 0.959. The van der Waals surface area contributed by atoms with Crippen molar-refractivity contribution in [3.05, 3.63) is 77.1 Å². The summed E-state index contributed by atoms with van der Waals surface area (Å²) in [4.78, 5) is 34.1. The summed E-state index contributed by atoms with van der Waals surface area (Å²) in [5.41, 5.74) is 0.949. The molecule has 2 aromatic heterocycles. The van der Waals surface area contributed by atoms with E-state index in [0.717, 1.165) is 29.5 Å².